The molecule has 0 radical (unpaired) electrons. The van der Waals surface area contributed by atoms with Gasteiger partial charge >= 0.3 is 0 Å². The highest BCUT2D eigenvalue weighted by molar-refractivity contribution is 7.13. The molecule has 0 atom stereocenters. The molecule has 0 amide bonds. The minimum atomic E-state index is 0.594. The molecule has 0 bridgehead atoms. The molecule has 2 aromatic rings. The summed E-state index contributed by atoms with van der Waals surface area (Å²) in [5.41, 5.74) is 0.594. The number of piperazine rings is 1. The predicted molar refractivity (Wildman–Crippen MR) is 87.4 cm³/mol. The Kier molecular flexibility index (Phi) is 4.88. The van der Waals surface area contributed by atoms with Gasteiger partial charge in [0.15, 0.2) is 5.13 Å². The average Bonchev–Trinajstić information content (AvgIpc) is 3.10. The lowest BCUT2D eigenvalue weighted by atomic mass is 10.2. The Hall–Kier alpha value is -2.10. The molecule has 0 unspecified atom stereocenters. The number of thiazole rings is 1. The molecule has 0 aliphatic carbocycles. The van der Waals surface area contributed by atoms with E-state index in [4.69, 9.17) is 10.00 Å². The SMILES string of the molecule is N#Cc1ccccc1OCCN1CCN(c2nccs2)CC1. The lowest BCUT2D eigenvalue weighted by Crippen LogP contribution is -2.47. The first-order chi connectivity index (χ1) is 10.9. The molecule has 5 nitrogen and oxygen atoms in total. The highest BCUT2D eigenvalue weighted by atomic mass is 32.1. The Labute approximate surface area is 134 Å². The normalized spacial score (nSPS) is 15.5. The van der Waals surface area contributed by atoms with Crippen molar-refractivity contribution >= 4 is 16.5 Å². The molecule has 1 aromatic heterocycles. The first kappa shape index (κ1) is 14.8. The van der Waals surface area contributed by atoms with Crippen LogP contribution in [0, 0.1) is 11.3 Å². The third-order valence-electron chi connectivity index (χ3n) is 3.73. The fourth-order valence-corrected chi connectivity index (χ4v) is 3.20. The zero-order valence-electron chi connectivity index (χ0n) is 12.3. The second kappa shape index (κ2) is 7.25. The molecule has 0 N–H and O–H groups in total. The largest absolute Gasteiger partial charge is 0.491 e. The van der Waals surface area contributed by atoms with Crippen molar-refractivity contribution in [1.82, 2.24) is 9.88 Å². The molecular weight excluding hydrogens is 296 g/mol. The number of aromatic nitrogens is 1. The van der Waals surface area contributed by atoms with Crippen molar-refractivity contribution in [3.05, 3.63) is 41.4 Å². The van der Waals surface area contributed by atoms with Gasteiger partial charge < -0.3 is 9.64 Å². The monoisotopic (exact) mass is 314 g/mol. The van der Waals surface area contributed by atoms with Gasteiger partial charge in [0.25, 0.3) is 0 Å². The number of ether oxygens (including phenoxy) is 1. The minimum Gasteiger partial charge on any atom is -0.491 e. The van der Waals surface area contributed by atoms with Gasteiger partial charge in [-0.05, 0) is 12.1 Å². The third kappa shape index (κ3) is 3.56. The number of hydrogen-bond acceptors (Lipinski definition) is 6. The lowest BCUT2D eigenvalue weighted by Gasteiger charge is -2.34. The van der Waals surface area contributed by atoms with Gasteiger partial charge in [0, 0.05) is 44.3 Å². The van der Waals surface area contributed by atoms with Gasteiger partial charge in [-0.3, -0.25) is 4.90 Å². The number of anilines is 1. The molecule has 22 heavy (non-hydrogen) atoms. The second-order valence-corrected chi connectivity index (χ2v) is 5.97. The van der Waals surface area contributed by atoms with Crippen LogP contribution in [0.2, 0.25) is 0 Å². The van der Waals surface area contributed by atoms with Gasteiger partial charge in [0.1, 0.15) is 18.4 Å². The zero-order chi connectivity index (χ0) is 15.2. The molecule has 1 fully saturated rings. The standard InChI is InChI=1S/C16H18N4OS/c17-13-14-3-1-2-4-15(14)21-11-10-19-6-8-20(9-7-19)16-18-5-12-22-16/h1-5,12H,6-11H2. The van der Waals surface area contributed by atoms with Gasteiger partial charge in [0.2, 0.25) is 0 Å². The molecule has 0 saturated carbocycles. The van der Waals surface area contributed by atoms with Crippen LogP contribution in [0.1, 0.15) is 5.56 Å². The number of rotatable bonds is 5. The summed E-state index contributed by atoms with van der Waals surface area (Å²) in [5.74, 6) is 0.673. The Bertz CT molecular complexity index is 630. The number of para-hydroxylation sites is 1. The summed E-state index contributed by atoms with van der Waals surface area (Å²) in [6, 6.07) is 9.52. The quantitative estimate of drug-likeness (QED) is 0.847. The van der Waals surface area contributed by atoms with E-state index in [0.29, 0.717) is 17.9 Å². The van der Waals surface area contributed by atoms with Crippen LogP contribution in [0.15, 0.2) is 35.8 Å². The topological polar surface area (TPSA) is 52.4 Å². The van der Waals surface area contributed by atoms with Crippen molar-refractivity contribution in [2.75, 3.05) is 44.2 Å². The van der Waals surface area contributed by atoms with E-state index in [-0.39, 0.29) is 0 Å². The summed E-state index contributed by atoms with van der Waals surface area (Å²) in [4.78, 5) is 9.07. The fourth-order valence-electron chi connectivity index (χ4n) is 2.50. The van der Waals surface area contributed by atoms with E-state index in [1.165, 1.54) is 0 Å². The Morgan fingerprint density at radius 1 is 1.23 bits per heavy atom. The highest BCUT2D eigenvalue weighted by Crippen LogP contribution is 2.19. The van der Waals surface area contributed by atoms with E-state index in [0.717, 1.165) is 37.9 Å². The van der Waals surface area contributed by atoms with Crippen LogP contribution >= 0.6 is 11.3 Å². The zero-order valence-corrected chi connectivity index (χ0v) is 13.1. The van der Waals surface area contributed by atoms with E-state index < -0.39 is 0 Å². The molecule has 0 spiro atoms. The Morgan fingerprint density at radius 2 is 2.05 bits per heavy atom. The maximum Gasteiger partial charge on any atom is 0.185 e. The minimum absolute atomic E-state index is 0.594. The maximum absolute atomic E-state index is 9.04. The van der Waals surface area contributed by atoms with Gasteiger partial charge in [0.05, 0.1) is 5.56 Å². The van der Waals surface area contributed by atoms with Crippen molar-refractivity contribution in [2.24, 2.45) is 0 Å². The smallest absolute Gasteiger partial charge is 0.185 e. The molecule has 1 saturated heterocycles. The van der Waals surface area contributed by atoms with Crippen molar-refractivity contribution in [3.8, 4) is 11.8 Å². The van der Waals surface area contributed by atoms with E-state index in [9.17, 15) is 0 Å². The van der Waals surface area contributed by atoms with Crippen LogP contribution in [0.3, 0.4) is 0 Å². The average molecular weight is 314 g/mol. The molecule has 114 valence electrons. The maximum atomic E-state index is 9.04. The van der Waals surface area contributed by atoms with Gasteiger partial charge in [-0.1, -0.05) is 12.1 Å². The summed E-state index contributed by atoms with van der Waals surface area (Å²) in [6.07, 6.45) is 1.85. The van der Waals surface area contributed by atoms with E-state index >= 15 is 0 Å². The first-order valence-electron chi connectivity index (χ1n) is 7.35. The lowest BCUT2D eigenvalue weighted by molar-refractivity contribution is 0.200. The van der Waals surface area contributed by atoms with Crippen LogP contribution in [-0.4, -0.2) is 49.2 Å². The number of nitrogens with zero attached hydrogens (tertiary/aromatic N) is 4. The summed E-state index contributed by atoms with van der Waals surface area (Å²) in [6.45, 7) is 5.53. The number of hydrogen-bond donors (Lipinski definition) is 0. The molecule has 1 aliphatic heterocycles. The third-order valence-corrected chi connectivity index (χ3v) is 4.57. The molecule has 3 rings (SSSR count). The number of benzene rings is 1. The van der Waals surface area contributed by atoms with Crippen LogP contribution in [0.25, 0.3) is 0 Å². The molecule has 2 heterocycles. The van der Waals surface area contributed by atoms with Crippen LogP contribution in [0.4, 0.5) is 5.13 Å². The number of nitriles is 1. The first-order valence-corrected chi connectivity index (χ1v) is 8.23. The predicted octanol–water partition coefficient (Wildman–Crippen LogP) is 2.22. The Morgan fingerprint density at radius 3 is 2.77 bits per heavy atom. The van der Waals surface area contributed by atoms with Crippen LogP contribution in [0.5, 0.6) is 5.75 Å². The van der Waals surface area contributed by atoms with Gasteiger partial charge in [-0.15, -0.1) is 11.3 Å². The fraction of sp³-hybridized carbons (Fsp3) is 0.375. The van der Waals surface area contributed by atoms with Gasteiger partial charge in [-0.2, -0.15) is 5.26 Å². The molecule has 1 aliphatic rings. The van der Waals surface area contributed by atoms with Crippen molar-refractivity contribution in [2.45, 2.75) is 0 Å². The molecule has 1 aromatic carbocycles. The second-order valence-electron chi connectivity index (χ2n) is 5.10. The Balaban J connectivity index is 1.43. The summed E-state index contributed by atoms with van der Waals surface area (Å²) < 4.78 is 5.74. The van der Waals surface area contributed by atoms with Crippen LogP contribution in [-0.2, 0) is 0 Å². The highest BCUT2D eigenvalue weighted by Gasteiger charge is 2.18. The van der Waals surface area contributed by atoms with Crippen molar-refractivity contribution in [1.29, 1.82) is 5.26 Å². The molecule has 6 heteroatoms. The van der Waals surface area contributed by atoms with E-state index in [1.54, 1.807) is 17.4 Å². The summed E-state index contributed by atoms with van der Waals surface area (Å²) in [5, 5.41) is 12.2. The molecular formula is C16H18N4OS. The van der Waals surface area contributed by atoms with Crippen molar-refractivity contribution in [3.63, 3.8) is 0 Å². The van der Waals surface area contributed by atoms with Gasteiger partial charge in [-0.25, -0.2) is 4.98 Å². The summed E-state index contributed by atoms with van der Waals surface area (Å²) >= 11 is 1.69. The van der Waals surface area contributed by atoms with Crippen molar-refractivity contribution < 1.29 is 4.74 Å². The summed E-state index contributed by atoms with van der Waals surface area (Å²) in [7, 11) is 0. The van der Waals surface area contributed by atoms with Crippen LogP contribution < -0.4 is 9.64 Å². The van der Waals surface area contributed by atoms with E-state index in [2.05, 4.69) is 20.9 Å². The van der Waals surface area contributed by atoms with E-state index in [1.807, 2.05) is 29.8 Å².